The molecule has 5 heteroatoms. The monoisotopic (exact) mass is 283 g/mol. The zero-order valence-corrected chi connectivity index (χ0v) is 12.7. The summed E-state index contributed by atoms with van der Waals surface area (Å²) in [6, 6.07) is 0.415. The van der Waals surface area contributed by atoms with Crippen LogP contribution in [0.5, 0.6) is 0 Å². The Morgan fingerprint density at radius 1 is 1.25 bits per heavy atom. The Bertz CT molecular complexity index is 293. The molecular weight excluding hydrogens is 254 g/mol. The zero-order chi connectivity index (χ0) is 14.2. The summed E-state index contributed by atoms with van der Waals surface area (Å²) in [4.78, 5) is 14.3. The Morgan fingerprint density at radius 3 is 2.80 bits per heavy atom. The molecule has 2 amide bonds. The fraction of sp³-hybridized carbons (Fsp3) is 0.933. The highest BCUT2D eigenvalue weighted by molar-refractivity contribution is 5.74. The summed E-state index contributed by atoms with van der Waals surface area (Å²) in [5.74, 6) is 0.587. The molecule has 2 N–H and O–H groups in total. The van der Waals surface area contributed by atoms with Crippen molar-refractivity contribution in [2.24, 2.45) is 5.92 Å². The van der Waals surface area contributed by atoms with Crippen molar-refractivity contribution >= 4 is 6.03 Å². The molecule has 0 aromatic rings. The number of rotatable bonds is 6. The van der Waals surface area contributed by atoms with Crippen molar-refractivity contribution in [3.05, 3.63) is 0 Å². The topological polar surface area (TPSA) is 53.6 Å². The lowest BCUT2D eigenvalue weighted by atomic mass is 9.96. The van der Waals surface area contributed by atoms with E-state index in [1.807, 2.05) is 0 Å². The van der Waals surface area contributed by atoms with Crippen LogP contribution in [-0.2, 0) is 4.74 Å². The molecule has 1 atom stereocenters. The minimum Gasteiger partial charge on any atom is -0.383 e. The van der Waals surface area contributed by atoms with E-state index in [9.17, 15) is 4.79 Å². The lowest BCUT2D eigenvalue weighted by molar-refractivity contribution is 0.159. The van der Waals surface area contributed by atoms with E-state index >= 15 is 0 Å². The minimum atomic E-state index is 0.0206. The molecule has 0 aromatic carbocycles. The molecule has 0 radical (unpaired) electrons. The van der Waals surface area contributed by atoms with E-state index in [4.69, 9.17) is 4.74 Å². The largest absolute Gasteiger partial charge is 0.383 e. The maximum Gasteiger partial charge on any atom is 0.315 e. The van der Waals surface area contributed by atoms with Gasteiger partial charge in [0.1, 0.15) is 0 Å². The molecule has 2 aliphatic rings. The Labute approximate surface area is 122 Å². The van der Waals surface area contributed by atoms with Gasteiger partial charge in [0.25, 0.3) is 0 Å². The van der Waals surface area contributed by atoms with Gasteiger partial charge in [-0.2, -0.15) is 0 Å². The highest BCUT2D eigenvalue weighted by Crippen LogP contribution is 2.17. The molecule has 0 bridgehead atoms. The van der Waals surface area contributed by atoms with Crippen LogP contribution < -0.4 is 10.6 Å². The van der Waals surface area contributed by atoms with Crippen LogP contribution in [0.1, 0.15) is 38.5 Å². The first-order chi connectivity index (χ1) is 9.78. The maximum absolute atomic E-state index is 11.9. The number of urea groups is 1. The first-order valence-corrected chi connectivity index (χ1v) is 8.03. The van der Waals surface area contributed by atoms with Crippen LogP contribution in [0, 0.1) is 5.92 Å². The molecule has 0 aromatic heterocycles. The fourth-order valence-electron chi connectivity index (χ4n) is 3.22. The molecule has 1 heterocycles. The molecule has 0 spiro atoms. The first kappa shape index (κ1) is 15.6. The quantitative estimate of drug-likeness (QED) is 0.778. The van der Waals surface area contributed by atoms with Gasteiger partial charge in [0.2, 0.25) is 0 Å². The number of nitrogens with one attached hydrogen (secondary N) is 2. The highest BCUT2D eigenvalue weighted by atomic mass is 16.5. The second kappa shape index (κ2) is 8.47. The number of carbonyl (C=O) groups excluding carboxylic acids is 1. The Balaban J connectivity index is 1.57. The summed E-state index contributed by atoms with van der Waals surface area (Å²) in [6.45, 7) is 4.79. The number of nitrogens with zero attached hydrogens (tertiary/aromatic N) is 1. The van der Waals surface area contributed by atoms with E-state index in [-0.39, 0.29) is 6.03 Å². The SMILES string of the molecule is COCCN1CC[C@H](CNC(=O)NC2CCCCC2)C1. The van der Waals surface area contributed by atoms with Crippen molar-refractivity contribution < 1.29 is 9.53 Å². The van der Waals surface area contributed by atoms with Crippen LogP contribution in [0.4, 0.5) is 4.79 Å². The molecule has 1 saturated carbocycles. The van der Waals surface area contributed by atoms with Gasteiger partial charge in [-0.1, -0.05) is 19.3 Å². The van der Waals surface area contributed by atoms with E-state index in [1.165, 1.54) is 25.7 Å². The summed E-state index contributed by atoms with van der Waals surface area (Å²) in [6.07, 6.45) is 7.28. The van der Waals surface area contributed by atoms with Crippen LogP contribution in [0.25, 0.3) is 0 Å². The van der Waals surface area contributed by atoms with Crippen molar-refractivity contribution in [2.45, 2.75) is 44.6 Å². The van der Waals surface area contributed by atoms with Gasteiger partial charge >= 0.3 is 6.03 Å². The fourth-order valence-corrected chi connectivity index (χ4v) is 3.22. The van der Waals surface area contributed by atoms with Gasteiger partial charge in [0, 0.05) is 32.8 Å². The van der Waals surface area contributed by atoms with Gasteiger partial charge in [0.15, 0.2) is 0 Å². The maximum atomic E-state index is 11.9. The van der Waals surface area contributed by atoms with E-state index in [0.29, 0.717) is 12.0 Å². The second-order valence-corrected chi connectivity index (χ2v) is 6.14. The Hall–Kier alpha value is -0.810. The predicted octanol–water partition coefficient (Wildman–Crippen LogP) is 1.59. The molecule has 20 heavy (non-hydrogen) atoms. The van der Waals surface area contributed by atoms with Gasteiger partial charge in [-0.3, -0.25) is 0 Å². The standard InChI is InChI=1S/C15H29N3O2/c1-20-10-9-18-8-7-13(12-18)11-16-15(19)17-14-5-3-2-4-6-14/h13-14H,2-12H2,1H3,(H2,16,17,19)/t13-/m1/s1. The summed E-state index contributed by atoms with van der Waals surface area (Å²) in [5.41, 5.74) is 0. The zero-order valence-electron chi connectivity index (χ0n) is 12.7. The first-order valence-electron chi connectivity index (χ1n) is 8.03. The van der Waals surface area contributed by atoms with Crippen molar-refractivity contribution in [1.29, 1.82) is 0 Å². The second-order valence-electron chi connectivity index (χ2n) is 6.14. The smallest absolute Gasteiger partial charge is 0.315 e. The van der Waals surface area contributed by atoms with Crippen LogP contribution in [0.15, 0.2) is 0 Å². The number of methoxy groups -OCH3 is 1. The molecule has 2 rings (SSSR count). The third kappa shape index (κ3) is 5.29. The van der Waals surface area contributed by atoms with E-state index in [0.717, 1.165) is 45.6 Å². The number of carbonyl (C=O) groups is 1. The highest BCUT2D eigenvalue weighted by Gasteiger charge is 2.23. The van der Waals surface area contributed by atoms with Crippen molar-refractivity contribution in [3.8, 4) is 0 Å². The van der Waals surface area contributed by atoms with Gasteiger partial charge in [-0.05, 0) is 31.7 Å². The van der Waals surface area contributed by atoms with Gasteiger partial charge in [0.05, 0.1) is 6.61 Å². The number of amides is 2. The van der Waals surface area contributed by atoms with Gasteiger partial charge in [-0.25, -0.2) is 4.79 Å². The van der Waals surface area contributed by atoms with Crippen molar-refractivity contribution in [2.75, 3.05) is 39.9 Å². The van der Waals surface area contributed by atoms with Gasteiger partial charge < -0.3 is 20.3 Å². The summed E-state index contributed by atoms with van der Waals surface area (Å²) >= 11 is 0. The van der Waals surface area contributed by atoms with Crippen LogP contribution in [0.3, 0.4) is 0 Å². The van der Waals surface area contributed by atoms with Crippen molar-refractivity contribution in [3.63, 3.8) is 0 Å². The number of hydrogen-bond donors (Lipinski definition) is 2. The summed E-state index contributed by atoms with van der Waals surface area (Å²) < 4.78 is 5.10. The van der Waals surface area contributed by atoms with E-state index < -0.39 is 0 Å². The summed E-state index contributed by atoms with van der Waals surface area (Å²) in [7, 11) is 1.74. The average Bonchev–Trinajstić information content (AvgIpc) is 2.92. The molecule has 1 aliphatic heterocycles. The molecule has 116 valence electrons. The lowest BCUT2D eigenvalue weighted by Gasteiger charge is -2.23. The molecular formula is C15H29N3O2. The number of hydrogen-bond acceptors (Lipinski definition) is 3. The van der Waals surface area contributed by atoms with Crippen molar-refractivity contribution in [1.82, 2.24) is 15.5 Å². The average molecular weight is 283 g/mol. The normalized spacial score (nSPS) is 24.8. The van der Waals surface area contributed by atoms with E-state index in [1.54, 1.807) is 7.11 Å². The Morgan fingerprint density at radius 2 is 2.05 bits per heavy atom. The van der Waals surface area contributed by atoms with Crippen LogP contribution >= 0.6 is 0 Å². The molecule has 0 unspecified atom stereocenters. The predicted molar refractivity (Wildman–Crippen MR) is 79.8 cm³/mol. The lowest BCUT2D eigenvalue weighted by Crippen LogP contribution is -2.44. The molecule has 5 nitrogen and oxygen atoms in total. The molecule has 1 saturated heterocycles. The number of likely N-dealkylation sites (tertiary alicyclic amines) is 1. The summed E-state index contributed by atoms with van der Waals surface area (Å²) in [5, 5.41) is 6.15. The Kier molecular flexibility index (Phi) is 6.60. The third-order valence-electron chi connectivity index (χ3n) is 4.47. The van der Waals surface area contributed by atoms with E-state index in [2.05, 4.69) is 15.5 Å². The number of ether oxygens (including phenoxy) is 1. The molecule has 1 aliphatic carbocycles. The third-order valence-corrected chi connectivity index (χ3v) is 4.47. The van der Waals surface area contributed by atoms with Crippen LogP contribution in [-0.4, -0.2) is 56.9 Å². The molecule has 2 fully saturated rings. The van der Waals surface area contributed by atoms with Gasteiger partial charge in [-0.15, -0.1) is 0 Å². The van der Waals surface area contributed by atoms with Crippen LogP contribution in [0.2, 0.25) is 0 Å². The minimum absolute atomic E-state index is 0.0206.